The van der Waals surface area contributed by atoms with E-state index in [1.807, 2.05) is 6.92 Å². The molecule has 0 saturated carbocycles. The highest BCUT2D eigenvalue weighted by atomic mass is 28.4. The number of rotatable bonds is 14. The standard InChI is InChI=1S/C19H34O6Si/c1-5-12-23-17(20)9-10-18(21)24-13-11-19(22)25-26(14-6-2,15-7-3)16-8-4/h9-10H,5-8,11-16H2,1-4H3. The molecule has 0 bridgehead atoms. The van der Waals surface area contributed by atoms with Gasteiger partial charge in [0.1, 0.15) is 6.61 Å². The molecule has 0 N–H and O–H groups in total. The summed E-state index contributed by atoms with van der Waals surface area (Å²) in [7, 11) is -2.04. The number of carbonyl (C=O) groups is 3. The van der Waals surface area contributed by atoms with E-state index >= 15 is 0 Å². The molecule has 0 radical (unpaired) electrons. The van der Waals surface area contributed by atoms with E-state index in [1.165, 1.54) is 0 Å². The average molecular weight is 387 g/mol. The molecule has 0 unspecified atom stereocenters. The molecule has 0 rings (SSSR count). The maximum absolute atomic E-state index is 12.2. The Morgan fingerprint density at radius 3 is 1.62 bits per heavy atom. The van der Waals surface area contributed by atoms with Crippen molar-refractivity contribution in [1.29, 1.82) is 0 Å². The van der Waals surface area contributed by atoms with Crippen LogP contribution in [0.4, 0.5) is 0 Å². The Morgan fingerprint density at radius 1 is 0.731 bits per heavy atom. The fourth-order valence-electron chi connectivity index (χ4n) is 2.86. The Labute approximate surface area is 158 Å². The van der Waals surface area contributed by atoms with E-state index in [0.717, 1.165) is 49.5 Å². The van der Waals surface area contributed by atoms with E-state index in [0.29, 0.717) is 13.0 Å². The van der Waals surface area contributed by atoms with Gasteiger partial charge in [-0.1, -0.05) is 47.0 Å². The summed E-state index contributed by atoms with van der Waals surface area (Å²) in [5.41, 5.74) is 0. The van der Waals surface area contributed by atoms with Crippen LogP contribution in [-0.4, -0.2) is 39.4 Å². The molecule has 0 spiro atoms. The van der Waals surface area contributed by atoms with Crippen LogP contribution in [0.5, 0.6) is 0 Å². The lowest BCUT2D eigenvalue weighted by Crippen LogP contribution is -2.40. The fraction of sp³-hybridized carbons (Fsp3) is 0.737. The SMILES string of the molecule is CCCOC(=O)C=CC(=O)OCCC(=O)O[Si](CCC)(CCC)CCC. The quantitative estimate of drug-likeness (QED) is 0.253. The summed E-state index contributed by atoms with van der Waals surface area (Å²) in [6.07, 6.45) is 5.80. The largest absolute Gasteiger partial charge is 0.519 e. The third kappa shape index (κ3) is 11.1. The smallest absolute Gasteiger partial charge is 0.331 e. The number of carbonyl (C=O) groups excluding carboxylic acids is 3. The van der Waals surface area contributed by atoms with Crippen molar-refractivity contribution in [3.05, 3.63) is 12.2 Å². The molecule has 0 fully saturated rings. The van der Waals surface area contributed by atoms with E-state index in [4.69, 9.17) is 13.9 Å². The maximum Gasteiger partial charge on any atom is 0.331 e. The Bertz CT molecular complexity index is 444. The number of ether oxygens (including phenoxy) is 2. The van der Waals surface area contributed by atoms with E-state index in [-0.39, 0.29) is 19.0 Å². The van der Waals surface area contributed by atoms with Crippen LogP contribution in [0, 0.1) is 0 Å². The normalized spacial score (nSPS) is 11.4. The molecule has 0 aliphatic heterocycles. The van der Waals surface area contributed by atoms with Crippen molar-refractivity contribution >= 4 is 26.2 Å². The van der Waals surface area contributed by atoms with Gasteiger partial charge in [0, 0.05) is 12.2 Å². The van der Waals surface area contributed by atoms with Crippen LogP contribution in [0.1, 0.15) is 59.8 Å². The highest BCUT2D eigenvalue weighted by Crippen LogP contribution is 2.27. The van der Waals surface area contributed by atoms with Crippen molar-refractivity contribution in [3.63, 3.8) is 0 Å². The second-order valence-corrected chi connectivity index (χ2v) is 10.4. The fourth-order valence-corrected chi connectivity index (χ4v) is 7.23. The summed E-state index contributed by atoms with van der Waals surface area (Å²) in [6, 6.07) is 2.93. The third-order valence-corrected chi connectivity index (χ3v) is 8.70. The van der Waals surface area contributed by atoms with Crippen molar-refractivity contribution in [2.24, 2.45) is 0 Å². The van der Waals surface area contributed by atoms with E-state index in [2.05, 4.69) is 20.8 Å². The van der Waals surface area contributed by atoms with E-state index in [1.54, 1.807) is 0 Å². The molecule has 0 saturated heterocycles. The van der Waals surface area contributed by atoms with Crippen molar-refractivity contribution in [2.45, 2.75) is 77.9 Å². The Morgan fingerprint density at radius 2 is 1.19 bits per heavy atom. The number of hydrogen-bond donors (Lipinski definition) is 0. The monoisotopic (exact) mass is 386 g/mol. The predicted octanol–water partition coefficient (Wildman–Crippen LogP) is 4.15. The summed E-state index contributed by atoms with van der Waals surface area (Å²) in [5, 5.41) is 0. The topological polar surface area (TPSA) is 78.9 Å². The first-order valence-electron chi connectivity index (χ1n) is 9.66. The molecule has 6 nitrogen and oxygen atoms in total. The lowest BCUT2D eigenvalue weighted by Gasteiger charge is -2.30. The molecule has 0 aliphatic carbocycles. The van der Waals surface area contributed by atoms with Crippen LogP contribution in [0.3, 0.4) is 0 Å². The molecule has 26 heavy (non-hydrogen) atoms. The van der Waals surface area contributed by atoms with Crippen LogP contribution in [0.15, 0.2) is 12.2 Å². The predicted molar refractivity (Wildman–Crippen MR) is 103 cm³/mol. The highest BCUT2D eigenvalue weighted by molar-refractivity contribution is 6.75. The van der Waals surface area contributed by atoms with Gasteiger partial charge >= 0.3 is 11.9 Å². The van der Waals surface area contributed by atoms with E-state index < -0.39 is 20.3 Å². The molecule has 7 heteroatoms. The van der Waals surface area contributed by atoms with Gasteiger partial charge in [-0.25, -0.2) is 9.59 Å². The first kappa shape index (κ1) is 24.4. The molecule has 0 aromatic carbocycles. The van der Waals surface area contributed by atoms with Gasteiger partial charge in [0.25, 0.3) is 14.3 Å². The molecule has 150 valence electrons. The Kier molecular flexibility index (Phi) is 13.6. The van der Waals surface area contributed by atoms with Gasteiger partial charge in [0.15, 0.2) is 0 Å². The second kappa shape index (κ2) is 14.5. The maximum atomic E-state index is 12.2. The van der Waals surface area contributed by atoms with E-state index in [9.17, 15) is 14.4 Å². The molecule has 0 amide bonds. The van der Waals surface area contributed by atoms with Crippen LogP contribution < -0.4 is 0 Å². The zero-order valence-electron chi connectivity index (χ0n) is 16.7. The van der Waals surface area contributed by atoms with Gasteiger partial charge in [-0.15, -0.1) is 0 Å². The minimum atomic E-state index is -2.04. The molecular weight excluding hydrogens is 352 g/mol. The molecule has 0 aromatic rings. The van der Waals surface area contributed by atoms with Crippen LogP contribution in [0.2, 0.25) is 18.1 Å². The minimum absolute atomic E-state index is 0.0335. The summed E-state index contributed by atoms with van der Waals surface area (Å²) in [6.45, 7) is 8.47. The van der Waals surface area contributed by atoms with Crippen molar-refractivity contribution in [2.75, 3.05) is 13.2 Å². The van der Waals surface area contributed by atoms with Gasteiger partial charge in [-0.2, -0.15) is 0 Å². The summed E-state index contributed by atoms with van der Waals surface area (Å²) in [4.78, 5) is 35.0. The molecule has 0 heterocycles. The molecule has 0 aromatic heterocycles. The number of esters is 2. The average Bonchev–Trinajstić information content (AvgIpc) is 2.58. The molecule has 0 atom stereocenters. The van der Waals surface area contributed by atoms with Crippen LogP contribution in [-0.2, 0) is 28.3 Å². The Hall–Kier alpha value is -1.63. The first-order chi connectivity index (χ1) is 12.4. The minimum Gasteiger partial charge on any atom is -0.519 e. The summed E-state index contributed by atoms with van der Waals surface area (Å²) < 4.78 is 15.6. The van der Waals surface area contributed by atoms with Gasteiger partial charge in [0.2, 0.25) is 0 Å². The number of hydrogen-bond acceptors (Lipinski definition) is 6. The summed E-state index contributed by atoms with van der Waals surface area (Å²) in [5.74, 6) is -1.56. The second-order valence-electron chi connectivity index (χ2n) is 6.33. The molecular formula is C19H34O6Si. The molecule has 0 aliphatic rings. The lowest BCUT2D eigenvalue weighted by molar-refractivity contribution is -0.143. The lowest BCUT2D eigenvalue weighted by atomic mass is 10.4. The van der Waals surface area contributed by atoms with Crippen molar-refractivity contribution in [1.82, 2.24) is 0 Å². The summed E-state index contributed by atoms with van der Waals surface area (Å²) >= 11 is 0. The first-order valence-corrected chi connectivity index (χ1v) is 12.2. The third-order valence-electron chi connectivity index (χ3n) is 3.80. The van der Waals surface area contributed by atoms with Crippen LogP contribution >= 0.6 is 0 Å². The zero-order chi connectivity index (χ0) is 19.8. The van der Waals surface area contributed by atoms with Gasteiger partial charge in [0.05, 0.1) is 13.0 Å². The van der Waals surface area contributed by atoms with Gasteiger partial charge in [-0.05, 0) is 24.6 Å². The zero-order valence-corrected chi connectivity index (χ0v) is 17.7. The van der Waals surface area contributed by atoms with Crippen molar-refractivity contribution in [3.8, 4) is 0 Å². The highest BCUT2D eigenvalue weighted by Gasteiger charge is 2.35. The van der Waals surface area contributed by atoms with Crippen LogP contribution in [0.25, 0.3) is 0 Å². The van der Waals surface area contributed by atoms with Gasteiger partial charge in [-0.3, -0.25) is 4.79 Å². The Balaban J connectivity index is 4.35. The van der Waals surface area contributed by atoms with Gasteiger partial charge < -0.3 is 13.9 Å². The van der Waals surface area contributed by atoms with Crippen molar-refractivity contribution < 1.29 is 28.3 Å².